The summed E-state index contributed by atoms with van der Waals surface area (Å²) in [5.41, 5.74) is 0. The van der Waals surface area contributed by atoms with Gasteiger partial charge in [-0.05, 0) is 44.0 Å². The molecule has 1 nitrogen and oxygen atoms in total. The van der Waals surface area contributed by atoms with Crippen molar-refractivity contribution in [1.29, 1.82) is 0 Å². The minimum Gasteiger partial charge on any atom is -0.432 e. The Morgan fingerprint density at radius 1 is 1.15 bits per heavy atom. The number of hydrogen-bond acceptors (Lipinski definition) is 1. The molecule has 0 saturated heterocycles. The van der Waals surface area contributed by atoms with Gasteiger partial charge in [0, 0.05) is 0 Å². The lowest BCUT2D eigenvalue weighted by atomic mass is 10.3. The van der Waals surface area contributed by atoms with E-state index in [9.17, 15) is 13.2 Å². The number of rotatable bonds is 2. The van der Waals surface area contributed by atoms with Crippen molar-refractivity contribution in [2.45, 2.75) is 6.61 Å². The SMILES string of the molecule is Fc1cc(Br)c(OC(F)F)c(Br)c1. The maximum absolute atomic E-state index is 12.6. The summed E-state index contributed by atoms with van der Waals surface area (Å²) in [7, 11) is 0. The van der Waals surface area contributed by atoms with Crippen molar-refractivity contribution in [2.24, 2.45) is 0 Å². The molecule has 0 bridgehead atoms. The molecule has 0 atom stereocenters. The predicted molar refractivity (Wildman–Crippen MR) is 48.4 cm³/mol. The average Bonchev–Trinajstić information content (AvgIpc) is 1.96. The van der Waals surface area contributed by atoms with E-state index in [4.69, 9.17) is 0 Å². The van der Waals surface area contributed by atoms with Gasteiger partial charge in [0.25, 0.3) is 0 Å². The quantitative estimate of drug-likeness (QED) is 0.802. The van der Waals surface area contributed by atoms with E-state index in [0.29, 0.717) is 0 Å². The third kappa shape index (κ3) is 2.87. The molecule has 72 valence electrons. The van der Waals surface area contributed by atoms with E-state index in [1.165, 1.54) is 0 Å². The molecular formula is C7H3Br2F3O. The fourth-order valence-corrected chi connectivity index (χ4v) is 2.05. The van der Waals surface area contributed by atoms with Gasteiger partial charge < -0.3 is 4.74 Å². The van der Waals surface area contributed by atoms with Crippen molar-refractivity contribution in [3.05, 3.63) is 26.9 Å². The molecule has 0 heterocycles. The van der Waals surface area contributed by atoms with Crippen LogP contribution < -0.4 is 4.74 Å². The molecule has 0 spiro atoms. The van der Waals surface area contributed by atoms with Gasteiger partial charge in [0.05, 0.1) is 8.95 Å². The summed E-state index contributed by atoms with van der Waals surface area (Å²) in [5, 5.41) is 0. The van der Waals surface area contributed by atoms with Crippen molar-refractivity contribution in [3.63, 3.8) is 0 Å². The molecule has 0 aliphatic carbocycles. The van der Waals surface area contributed by atoms with Crippen molar-refractivity contribution >= 4 is 31.9 Å². The minimum absolute atomic E-state index is 0.114. The number of hydrogen-bond donors (Lipinski definition) is 0. The van der Waals surface area contributed by atoms with Crippen LogP contribution in [0.2, 0.25) is 0 Å². The molecule has 0 amide bonds. The Morgan fingerprint density at radius 2 is 1.62 bits per heavy atom. The second-order valence-electron chi connectivity index (χ2n) is 2.08. The molecule has 6 heteroatoms. The van der Waals surface area contributed by atoms with Gasteiger partial charge in [-0.1, -0.05) is 0 Å². The summed E-state index contributed by atoms with van der Waals surface area (Å²) in [5.74, 6) is -0.656. The lowest BCUT2D eigenvalue weighted by Crippen LogP contribution is -2.03. The standard InChI is InChI=1S/C7H3Br2F3O/c8-4-1-3(10)2-5(9)6(4)13-7(11)12/h1-2,7H. The van der Waals surface area contributed by atoms with E-state index >= 15 is 0 Å². The van der Waals surface area contributed by atoms with Crippen LogP contribution in [0.3, 0.4) is 0 Å². The normalized spacial score (nSPS) is 10.6. The van der Waals surface area contributed by atoms with Crippen LogP contribution in [0.15, 0.2) is 21.1 Å². The topological polar surface area (TPSA) is 9.23 Å². The number of halogens is 5. The third-order valence-electron chi connectivity index (χ3n) is 1.17. The van der Waals surface area contributed by atoms with E-state index in [0.717, 1.165) is 12.1 Å². The highest BCUT2D eigenvalue weighted by Gasteiger charge is 2.13. The predicted octanol–water partition coefficient (Wildman–Crippen LogP) is 3.95. The molecule has 0 fully saturated rings. The monoisotopic (exact) mass is 318 g/mol. The first kappa shape index (κ1) is 10.8. The average molecular weight is 320 g/mol. The summed E-state index contributed by atoms with van der Waals surface area (Å²) < 4.78 is 40.7. The van der Waals surface area contributed by atoms with Crippen LogP contribution in [-0.4, -0.2) is 6.61 Å². The van der Waals surface area contributed by atoms with Crippen LogP contribution in [0.25, 0.3) is 0 Å². The first-order chi connectivity index (χ1) is 6.00. The molecule has 0 aliphatic rings. The maximum Gasteiger partial charge on any atom is 0.387 e. The van der Waals surface area contributed by atoms with Crippen LogP contribution >= 0.6 is 31.9 Å². The van der Waals surface area contributed by atoms with Gasteiger partial charge in [-0.2, -0.15) is 8.78 Å². The summed E-state index contributed by atoms with van der Waals surface area (Å²) in [4.78, 5) is 0. The zero-order valence-electron chi connectivity index (χ0n) is 6.03. The van der Waals surface area contributed by atoms with Gasteiger partial charge in [-0.25, -0.2) is 4.39 Å². The second kappa shape index (κ2) is 4.32. The van der Waals surface area contributed by atoms with Gasteiger partial charge in [-0.3, -0.25) is 0 Å². The smallest absolute Gasteiger partial charge is 0.387 e. The number of ether oxygens (including phenoxy) is 1. The minimum atomic E-state index is -2.93. The highest BCUT2D eigenvalue weighted by Crippen LogP contribution is 2.35. The van der Waals surface area contributed by atoms with E-state index in [1.807, 2.05) is 0 Å². The molecule has 0 aromatic heterocycles. The van der Waals surface area contributed by atoms with Gasteiger partial charge in [0.2, 0.25) is 0 Å². The van der Waals surface area contributed by atoms with Crippen molar-refractivity contribution < 1.29 is 17.9 Å². The summed E-state index contributed by atoms with van der Waals surface area (Å²) >= 11 is 5.80. The maximum atomic E-state index is 12.6. The van der Waals surface area contributed by atoms with Crippen molar-refractivity contribution in [2.75, 3.05) is 0 Å². The first-order valence-electron chi connectivity index (χ1n) is 3.10. The van der Waals surface area contributed by atoms with Gasteiger partial charge in [0.15, 0.2) is 5.75 Å². The summed E-state index contributed by atoms with van der Waals surface area (Å²) in [6.45, 7) is -2.93. The molecular weight excluding hydrogens is 317 g/mol. The zero-order chi connectivity index (χ0) is 10.0. The summed E-state index contributed by atoms with van der Waals surface area (Å²) in [6.07, 6.45) is 0. The Labute approximate surface area is 89.1 Å². The van der Waals surface area contributed by atoms with Crippen LogP contribution in [-0.2, 0) is 0 Å². The Balaban J connectivity index is 3.06. The number of benzene rings is 1. The van der Waals surface area contributed by atoms with E-state index < -0.39 is 12.4 Å². The van der Waals surface area contributed by atoms with Gasteiger partial charge >= 0.3 is 6.61 Å². The number of alkyl halides is 2. The van der Waals surface area contributed by atoms with Crippen LogP contribution in [0.1, 0.15) is 0 Å². The largest absolute Gasteiger partial charge is 0.432 e. The molecule has 1 rings (SSSR count). The lowest BCUT2D eigenvalue weighted by Gasteiger charge is -2.08. The van der Waals surface area contributed by atoms with Crippen LogP contribution in [0.5, 0.6) is 5.75 Å². The Bertz CT molecular complexity index is 294. The lowest BCUT2D eigenvalue weighted by molar-refractivity contribution is -0.0509. The molecule has 0 saturated carbocycles. The molecule has 13 heavy (non-hydrogen) atoms. The Hall–Kier alpha value is -0.230. The highest BCUT2D eigenvalue weighted by molar-refractivity contribution is 9.11. The second-order valence-corrected chi connectivity index (χ2v) is 3.79. The molecule has 1 aromatic rings. The molecule has 1 aromatic carbocycles. The van der Waals surface area contributed by atoms with Gasteiger partial charge in [-0.15, -0.1) is 0 Å². The van der Waals surface area contributed by atoms with Crippen LogP contribution in [0.4, 0.5) is 13.2 Å². The van der Waals surface area contributed by atoms with E-state index in [2.05, 4.69) is 36.6 Å². The first-order valence-corrected chi connectivity index (χ1v) is 4.68. The van der Waals surface area contributed by atoms with Crippen LogP contribution in [0, 0.1) is 5.82 Å². The molecule has 0 N–H and O–H groups in total. The van der Waals surface area contributed by atoms with Crippen molar-refractivity contribution in [1.82, 2.24) is 0 Å². The van der Waals surface area contributed by atoms with Crippen molar-refractivity contribution in [3.8, 4) is 5.75 Å². The fraction of sp³-hybridized carbons (Fsp3) is 0.143. The Morgan fingerprint density at radius 3 is 2.00 bits per heavy atom. The third-order valence-corrected chi connectivity index (χ3v) is 2.35. The molecule has 0 unspecified atom stereocenters. The van der Waals surface area contributed by atoms with E-state index in [-0.39, 0.29) is 14.7 Å². The highest BCUT2D eigenvalue weighted by atomic mass is 79.9. The zero-order valence-corrected chi connectivity index (χ0v) is 9.20. The summed E-state index contributed by atoms with van der Waals surface area (Å²) in [6, 6.07) is 2.09. The van der Waals surface area contributed by atoms with Gasteiger partial charge in [0.1, 0.15) is 5.82 Å². The van der Waals surface area contributed by atoms with E-state index in [1.54, 1.807) is 0 Å². The molecule has 0 aliphatic heterocycles. The fourth-order valence-electron chi connectivity index (χ4n) is 0.731. The molecule has 0 radical (unpaired) electrons. The Kier molecular flexibility index (Phi) is 3.61.